The molecule has 0 saturated carbocycles. The summed E-state index contributed by atoms with van der Waals surface area (Å²) >= 11 is 0. The Hall–Kier alpha value is -2.71. The fraction of sp³-hybridized carbons (Fsp3) is 0.364. The zero-order valence-corrected chi connectivity index (χ0v) is 15.5. The summed E-state index contributed by atoms with van der Waals surface area (Å²) in [6.07, 6.45) is 6.00. The number of esters is 1. The minimum Gasteiger partial charge on any atom is -0.423 e. The second kappa shape index (κ2) is 11.1. The second-order valence-electron chi connectivity index (χ2n) is 6.31. The normalized spacial score (nSPS) is 10.4. The van der Waals surface area contributed by atoms with E-state index >= 15 is 0 Å². The van der Waals surface area contributed by atoms with Crippen LogP contribution in [-0.2, 0) is 11.3 Å². The van der Waals surface area contributed by atoms with Gasteiger partial charge in [0.25, 0.3) is 0 Å². The number of nitriles is 1. The highest BCUT2D eigenvalue weighted by molar-refractivity contribution is 5.91. The van der Waals surface area contributed by atoms with E-state index in [1.165, 1.54) is 37.8 Å². The molecule has 2 aromatic rings. The first-order valence-corrected chi connectivity index (χ1v) is 9.22. The molecule has 0 bridgehead atoms. The molecular formula is C22H24FNO3. The van der Waals surface area contributed by atoms with Crippen molar-refractivity contribution in [2.45, 2.75) is 45.6 Å². The summed E-state index contributed by atoms with van der Waals surface area (Å²) in [7, 11) is 0. The molecule has 0 fully saturated rings. The molecule has 2 aromatic carbocycles. The summed E-state index contributed by atoms with van der Waals surface area (Å²) in [5, 5.41) is 8.71. The highest BCUT2D eigenvalue weighted by Crippen LogP contribution is 2.18. The number of halogens is 1. The molecule has 0 unspecified atom stereocenters. The van der Waals surface area contributed by atoms with Crippen LogP contribution in [-0.4, -0.2) is 12.6 Å². The zero-order valence-electron chi connectivity index (χ0n) is 15.5. The van der Waals surface area contributed by atoms with Crippen molar-refractivity contribution < 1.29 is 18.7 Å². The van der Waals surface area contributed by atoms with Crippen molar-refractivity contribution in [1.29, 1.82) is 5.26 Å². The van der Waals surface area contributed by atoms with Crippen molar-refractivity contribution >= 4 is 5.97 Å². The topological polar surface area (TPSA) is 59.3 Å². The van der Waals surface area contributed by atoms with Crippen LogP contribution < -0.4 is 4.74 Å². The van der Waals surface area contributed by atoms with Gasteiger partial charge in [-0.15, -0.1) is 0 Å². The third kappa shape index (κ3) is 6.84. The lowest BCUT2D eigenvalue weighted by Crippen LogP contribution is -2.09. The van der Waals surface area contributed by atoms with Gasteiger partial charge in [-0.2, -0.15) is 5.26 Å². The number of ether oxygens (including phenoxy) is 2. The molecular weight excluding hydrogens is 345 g/mol. The van der Waals surface area contributed by atoms with E-state index in [9.17, 15) is 9.18 Å². The Balaban J connectivity index is 1.79. The van der Waals surface area contributed by atoms with Crippen LogP contribution in [0.3, 0.4) is 0 Å². The van der Waals surface area contributed by atoms with Gasteiger partial charge < -0.3 is 9.47 Å². The standard InChI is InChI=1S/C22H24FNO3/c1-2-3-4-5-6-13-26-16-17-7-9-18(10-8-17)22(25)27-20-12-11-19(15-24)21(23)14-20/h7-12,14H,2-6,13,16H2,1H3. The molecule has 5 heteroatoms. The summed E-state index contributed by atoms with van der Waals surface area (Å²) in [4.78, 5) is 12.1. The van der Waals surface area contributed by atoms with Crippen LogP contribution in [0.15, 0.2) is 42.5 Å². The fourth-order valence-electron chi connectivity index (χ4n) is 2.55. The molecule has 27 heavy (non-hydrogen) atoms. The van der Waals surface area contributed by atoms with Crippen molar-refractivity contribution in [3.05, 3.63) is 65.0 Å². The van der Waals surface area contributed by atoms with E-state index in [0.717, 1.165) is 24.7 Å². The highest BCUT2D eigenvalue weighted by atomic mass is 19.1. The monoisotopic (exact) mass is 369 g/mol. The second-order valence-corrected chi connectivity index (χ2v) is 6.31. The van der Waals surface area contributed by atoms with E-state index in [0.29, 0.717) is 12.2 Å². The minimum atomic E-state index is -0.718. The predicted molar refractivity (Wildman–Crippen MR) is 101 cm³/mol. The number of rotatable bonds is 10. The molecule has 0 aliphatic heterocycles. The SMILES string of the molecule is CCCCCCCOCc1ccc(C(=O)Oc2ccc(C#N)c(F)c2)cc1. The summed E-state index contributed by atoms with van der Waals surface area (Å²) < 4.78 is 24.4. The lowest BCUT2D eigenvalue weighted by Gasteiger charge is -2.07. The van der Waals surface area contributed by atoms with Crippen molar-refractivity contribution in [1.82, 2.24) is 0 Å². The van der Waals surface area contributed by atoms with Gasteiger partial charge in [-0.3, -0.25) is 0 Å². The fourth-order valence-corrected chi connectivity index (χ4v) is 2.55. The van der Waals surface area contributed by atoms with Gasteiger partial charge in [0.15, 0.2) is 0 Å². The Kier molecular flexibility index (Phi) is 8.47. The Morgan fingerprint density at radius 3 is 2.48 bits per heavy atom. The van der Waals surface area contributed by atoms with Crippen LogP contribution in [0.2, 0.25) is 0 Å². The first kappa shape index (κ1) is 20.6. The molecule has 0 spiro atoms. The third-order valence-corrected chi connectivity index (χ3v) is 4.12. The quantitative estimate of drug-likeness (QED) is 0.319. The Morgan fingerprint density at radius 2 is 1.81 bits per heavy atom. The van der Waals surface area contributed by atoms with Gasteiger partial charge in [0, 0.05) is 12.7 Å². The van der Waals surface area contributed by atoms with Gasteiger partial charge in [-0.1, -0.05) is 44.7 Å². The average molecular weight is 369 g/mol. The Bertz CT molecular complexity index is 781. The summed E-state index contributed by atoms with van der Waals surface area (Å²) in [5.41, 5.74) is 1.25. The maximum Gasteiger partial charge on any atom is 0.343 e. The van der Waals surface area contributed by atoms with Crippen LogP contribution in [0.5, 0.6) is 5.75 Å². The van der Waals surface area contributed by atoms with E-state index in [1.807, 2.05) is 12.1 Å². The number of hydrogen-bond donors (Lipinski definition) is 0. The molecule has 0 radical (unpaired) electrons. The molecule has 0 N–H and O–H groups in total. The van der Waals surface area contributed by atoms with Crippen LogP contribution in [0.25, 0.3) is 0 Å². The zero-order chi connectivity index (χ0) is 19.5. The molecule has 0 heterocycles. The average Bonchev–Trinajstić information content (AvgIpc) is 2.68. The molecule has 4 nitrogen and oxygen atoms in total. The third-order valence-electron chi connectivity index (χ3n) is 4.12. The lowest BCUT2D eigenvalue weighted by atomic mass is 10.1. The first-order chi connectivity index (χ1) is 13.1. The number of carbonyl (C=O) groups excluding carboxylic acids is 1. The molecule has 2 rings (SSSR count). The number of hydrogen-bond acceptors (Lipinski definition) is 4. The van der Waals surface area contributed by atoms with Gasteiger partial charge in [0.1, 0.15) is 17.6 Å². The first-order valence-electron chi connectivity index (χ1n) is 9.22. The van der Waals surface area contributed by atoms with Crippen LogP contribution in [0, 0.1) is 17.1 Å². The summed E-state index contributed by atoms with van der Waals surface area (Å²) in [6, 6.07) is 12.4. The van der Waals surface area contributed by atoms with E-state index in [1.54, 1.807) is 18.2 Å². The van der Waals surface area contributed by atoms with Gasteiger partial charge in [0.05, 0.1) is 17.7 Å². The minimum absolute atomic E-state index is 0.0620. The number of benzene rings is 2. The lowest BCUT2D eigenvalue weighted by molar-refractivity contribution is 0.0734. The van der Waals surface area contributed by atoms with Crippen LogP contribution in [0.4, 0.5) is 4.39 Å². The molecule has 0 atom stereocenters. The number of nitrogens with zero attached hydrogens (tertiary/aromatic N) is 1. The summed E-state index contributed by atoms with van der Waals surface area (Å²) in [5.74, 6) is -1.24. The van der Waals surface area contributed by atoms with E-state index in [4.69, 9.17) is 14.7 Å². The number of carbonyl (C=O) groups is 1. The van der Waals surface area contributed by atoms with Crippen LogP contribution >= 0.6 is 0 Å². The molecule has 0 aliphatic carbocycles. The van der Waals surface area contributed by atoms with Crippen molar-refractivity contribution in [2.24, 2.45) is 0 Å². The smallest absolute Gasteiger partial charge is 0.343 e. The maximum absolute atomic E-state index is 13.6. The summed E-state index contributed by atoms with van der Waals surface area (Å²) in [6.45, 7) is 3.43. The largest absolute Gasteiger partial charge is 0.423 e. The van der Waals surface area contributed by atoms with Crippen molar-refractivity contribution in [2.75, 3.05) is 6.61 Å². The van der Waals surface area contributed by atoms with Gasteiger partial charge >= 0.3 is 5.97 Å². The Labute approximate surface area is 159 Å². The van der Waals surface area contributed by atoms with Gasteiger partial charge in [-0.05, 0) is 36.2 Å². The molecule has 0 amide bonds. The van der Waals surface area contributed by atoms with Gasteiger partial charge in [0.2, 0.25) is 0 Å². The van der Waals surface area contributed by atoms with Crippen LogP contribution in [0.1, 0.15) is 60.5 Å². The van der Waals surface area contributed by atoms with Gasteiger partial charge in [-0.25, -0.2) is 9.18 Å². The maximum atomic E-state index is 13.6. The molecule has 142 valence electrons. The predicted octanol–water partition coefficient (Wildman–Crippen LogP) is 5.40. The van der Waals surface area contributed by atoms with E-state index < -0.39 is 11.8 Å². The highest BCUT2D eigenvalue weighted by Gasteiger charge is 2.11. The number of unbranched alkanes of at least 4 members (excludes halogenated alkanes) is 4. The Morgan fingerprint density at radius 1 is 1.07 bits per heavy atom. The molecule has 0 aliphatic rings. The molecule has 0 saturated heterocycles. The van der Waals surface area contributed by atoms with E-state index in [-0.39, 0.29) is 11.3 Å². The van der Waals surface area contributed by atoms with Crippen molar-refractivity contribution in [3.8, 4) is 11.8 Å². The van der Waals surface area contributed by atoms with E-state index in [2.05, 4.69) is 6.92 Å². The van der Waals surface area contributed by atoms with Crippen molar-refractivity contribution in [3.63, 3.8) is 0 Å². The molecule has 0 aromatic heterocycles.